The predicted molar refractivity (Wildman–Crippen MR) is 111 cm³/mol. The SMILES string of the molecule is CC(C)(C)c1cc(N=Cc2ccccc2)c(O)c(C(C)(C)C)c1.[Cl][Ti][Cl]. The molecule has 0 heterocycles. The molecule has 5 heteroatoms. The molecule has 0 aromatic heterocycles. The fraction of sp³-hybridized carbons (Fsp3) is 0.381. The molecule has 2 nitrogen and oxygen atoms in total. The van der Waals surface area contributed by atoms with Gasteiger partial charge in [0.15, 0.2) is 0 Å². The van der Waals surface area contributed by atoms with Gasteiger partial charge in [-0.2, -0.15) is 0 Å². The molecule has 0 fully saturated rings. The zero-order valence-corrected chi connectivity index (χ0v) is 19.3. The Hall–Kier alpha value is -0.796. The first-order chi connectivity index (χ1) is 12.0. The van der Waals surface area contributed by atoms with Gasteiger partial charge >= 0.3 is 35.6 Å². The van der Waals surface area contributed by atoms with Crippen molar-refractivity contribution < 1.29 is 22.1 Å². The van der Waals surface area contributed by atoms with Gasteiger partial charge in [-0.15, -0.1) is 0 Å². The first-order valence-corrected chi connectivity index (χ1v) is 12.7. The molecule has 1 N–H and O–H groups in total. The van der Waals surface area contributed by atoms with Crippen LogP contribution in [0.15, 0.2) is 47.5 Å². The average Bonchev–Trinajstić information content (AvgIpc) is 2.53. The van der Waals surface area contributed by atoms with Gasteiger partial charge in [-0.25, -0.2) is 0 Å². The maximum atomic E-state index is 10.7. The average molecular weight is 428 g/mol. The molecule has 0 saturated carbocycles. The summed E-state index contributed by atoms with van der Waals surface area (Å²) >= 11 is -0.556. The van der Waals surface area contributed by atoms with Crippen molar-refractivity contribution in [2.24, 2.45) is 4.99 Å². The molecule has 0 aliphatic heterocycles. The van der Waals surface area contributed by atoms with E-state index < -0.39 is 17.0 Å². The van der Waals surface area contributed by atoms with Gasteiger partial charge in [0, 0.05) is 11.8 Å². The Bertz CT molecular complexity index is 732. The van der Waals surface area contributed by atoms with Crippen LogP contribution in [0.25, 0.3) is 0 Å². The summed E-state index contributed by atoms with van der Waals surface area (Å²) in [6.07, 6.45) is 1.80. The summed E-state index contributed by atoms with van der Waals surface area (Å²) in [4.78, 5) is 4.55. The molecule has 0 bridgehead atoms. The monoisotopic (exact) mass is 427 g/mol. The zero-order chi connectivity index (χ0) is 20.0. The van der Waals surface area contributed by atoms with E-state index in [9.17, 15) is 5.11 Å². The molecule has 0 aliphatic carbocycles. The molecule has 0 unspecified atom stereocenters. The Labute approximate surface area is 174 Å². The second-order valence-corrected chi connectivity index (χ2v) is 10.7. The van der Waals surface area contributed by atoms with Gasteiger partial charge < -0.3 is 5.11 Å². The number of nitrogens with zero attached hydrogens (tertiary/aromatic N) is 1. The molecule has 26 heavy (non-hydrogen) atoms. The Morgan fingerprint density at radius 1 is 0.923 bits per heavy atom. The summed E-state index contributed by atoms with van der Waals surface area (Å²) in [5.74, 6) is 0.276. The number of hydrogen-bond acceptors (Lipinski definition) is 2. The standard InChI is InChI=1S/C21H27NO.2ClH.Ti/c1-20(2,3)16-12-17(21(4,5)6)19(23)18(13-16)22-14-15-10-8-7-9-11-15;;;/h7-14,23H,1-6H3;2*1H;/q;;;+2/p-2. The van der Waals surface area contributed by atoms with Gasteiger partial charge in [0.1, 0.15) is 11.4 Å². The Morgan fingerprint density at radius 3 is 1.92 bits per heavy atom. The van der Waals surface area contributed by atoms with E-state index in [0.29, 0.717) is 5.69 Å². The van der Waals surface area contributed by atoms with Crippen molar-refractivity contribution in [2.45, 2.75) is 52.4 Å². The molecule has 0 radical (unpaired) electrons. The van der Waals surface area contributed by atoms with E-state index in [1.54, 1.807) is 6.21 Å². The molecule has 2 rings (SSSR count). The van der Waals surface area contributed by atoms with Crippen LogP contribution in [0.1, 0.15) is 58.2 Å². The second-order valence-electron chi connectivity index (χ2n) is 8.13. The molecule has 0 amide bonds. The number of aliphatic imine (C=N–C) groups is 1. The van der Waals surface area contributed by atoms with Crippen molar-refractivity contribution in [3.63, 3.8) is 0 Å². The normalized spacial score (nSPS) is 11.8. The third-order valence-corrected chi connectivity index (χ3v) is 3.92. The van der Waals surface area contributed by atoms with Crippen LogP contribution in [0.4, 0.5) is 5.69 Å². The van der Waals surface area contributed by atoms with E-state index in [4.69, 9.17) is 18.6 Å². The summed E-state index contributed by atoms with van der Waals surface area (Å²) in [7, 11) is 9.78. The van der Waals surface area contributed by atoms with Crippen molar-refractivity contribution in [3.8, 4) is 5.75 Å². The van der Waals surface area contributed by atoms with E-state index in [1.165, 1.54) is 5.56 Å². The van der Waals surface area contributed by atoms with Crippen LogP contribution in [0.2, 0.25) is 0 Å². The van der Waals surface area contributed by atoms with E-state index in [0.717, 1.165) is 11.1 Å². The molecule has 0 aliphatic rings. The van der Waals surface area contributed by atoms with Crippen LogP contribution in [-0.4, -0.2) is 11.3 Å². The van der Waals surface area contributed by atoms with Gasteiger partial charge in [0.05, 0.1) is 0 Å². The number of aromatic hydroxyl groups is 1. The summed E-state index contributed by atoms with van der Waals surface area (Å²) in [6.45, 7) is 12.9. The van der Waals surface area contributed by atoms with Gasteiger partial charge in [0.25, 0.3) is 0 Å². The molecule has 0 atom stereocenters. The molecule has 2 aromatic carbocycles. The summed E-state index contributed by atoms with van der Waals surface area (Å²) in [6, 6.07) is 14.0. The maximum absolute atomic E-state index is 10.7. The summed E-state index contributed by atoms with van der Waals surface area (Å²) in [5, 5.41) is 10.7. The van der Waals surface area contributed by atoms with Crippen LogP contribution in [0.5, 0.6) is 5.75 Å². The first-order valence-electron chi connectivity index (χ1n) is 8.44. The molecular weight excluding hydrogens is 401 g/mol. The van der Waals surface area contributed by atoms with Crippen LogP contribution < -0.4 is 0 Å². The Morgan fingerprint density at radius 2 is 1.46 bits per heavy atom. The first kappa shape index (κ1) is 23.2. The molecule has 2 aromatic rings. The Balaban J connectivity index is 0.00000105. The van der Waals surface area contributed by atoms with E-state index in [2.05, 4.69) is 52.6 Å². The summed E-state index contributed by atoms with van der Waals surface area (Å²) < 4.78 is 0. The van der Waals surface area contributed by atoms with Gasteiger partial charge in [-0.1, -0.05) is 77.9 Å². The van der Waals surface area contributed by atoms with Crippen molar-refractivity contribution in [2.75, 3.05) is 0 Å². The number of hydrogen-bond donors (Lipinski definition) is 1. The minimum atomic E-state index is -0.556. The zero-order valence-electron chi connectivity index (χ0n) is 16.3. The number of phenols is 1. The minimum absolute atomic E-state index is 0.00468. The van der Waals surface area contributed by atoms with Crippen LogP contribution in [0.3, 0.4) is 0 Å². The topological polar surface area (TPSA) is 32.6 Å². The van der Waals surface area contributed by atoms with E-state index in [1.807, 2.05) is 36.4 Å². The van der Waals surface area contributed by atoms with Gasteiger partial charge in [0.2, 0.25) is 0 Å². The number of rotatable bonds is 2. The molecule has 0 spiro atoms. The Kier molecular flexibility index (Phi) is 8.89. The van der Waals surface area contributed by atoms with Gasteiger partial charge in [-0.05, 0) is 28.0 Å². The van der Waals surface area contributed by atoms with Gasteiger partial charge in [-0.3, -0.25) is 4.99 Å². The molecular formula is C21H27Cl2NOTi. The molecule has 0 saturated heterocycles. The van der Waals surface area contributed by atoms with Crippen LogP contribution in [-0.2, 0) is 27.9 Å². The third kappa shape index (κ3) is 7.08. The predicted octanol–water partition coefficient (Wildman–Crippen LogP) is 7.11. The summed E-state index contributed by atoms with van der Waals surface area (Å²) in [5.41, 5.74) is 3.63. The van der Waals surface area contributed by atoms with E-state index in [-0.39, 0.29) is 16.6 Å². The fourth-order valence-corrected chi connectivity index (χ4v) is 2.41. The number of benzene rings is 2. The van der Waals surface area contributed by atoms with Crippen molar-refractivity contribution in [3.05, 3.63) is 59.2 Å². The number of halogens is 2. The van der Waals surface area contributed by atoms with Crippen molar-refractivity contribution in [1.29, 1.82) is 0 Å². The van der Waals surface area contributed by atoms with E-state index >= 15 is 0 Å². The third-order valence-electron chi connectivity index (χ3n) is 3.92. The van der Waals surface area contributed by atoms with Crippen molar-refractivity contribution >= 4 is 30.5 Å². The fourth-order valence-electron chi connectivity index (χ4n) is 2.41. The quantitative estimate of drug-likeness (QED) is 0.401. The van der Waals surface area contributed by atoms with Crippen LogP contribution in [0, 0.1) is 0 Å². The van der Waals surface area contributed by atoms with Crippen LogP contribution >= 0.6 is 18.6 Å². The van der Waals surface area contributed by atoms with Crippen molar-refractivity contribution in [1.82, 2.24) is 0 Å². The second kappa shape index (κ2) is 9.94. The number of phenolic OH excluding ortho intramolecular Hbond substituents is 1. The molecule has 140 valence electrons.